The molecule has 34 heavy (non-hydrogen) atoms. The first-order valence-corrected chi connectivity index (χ1v) is 11.0. The summed E-state index contributed by atoms with van der Waals surface area (Å²) in [6, 6.07) is 26.0. The largest absolute Gasteiger partial charge is 0.496 e. The van der Waals surface area contributed by atoms with Crippen molar-refractivity contribution in [1.29, 1.82) is 0 Å². The van der Waals surface area contributed by atoms with Crippen molar-refractivity contribution in [3.8, 4) is 16.9 Å². The molecule has 4 N–H and O–H groups in total. The summed E-state index contributed by atoms with van der Waals surface area (Å²) in [4.78, 5) is 17.3. The van der Waals surface area contributed by atoms with Gasteiger partial charge in [0, 0.05) is 41.2 Å². The van der Waals surface area contributed by atoms with Gasteiger partial charge in [0.1, 0.15) is 5.75 Å². The van der Waals surface area contributed by atoms with Crippen LogP contribution in [0, 0.1) is 0 Å². The van der Waals surface area contributed by atoms with Crippen LogP contribution in [0.1, 0.15) is 22.6 Å². The number of methoxy groups -OCH3 is 1. The van der Waals surface area contributed by atoms with Gasteiger partial charge in [0.25, 0.3) is 0 Å². The number of aromatic nitrogens is 1. The molecule has 0 spiro atoms. The third-order valence-corrected chi connectivity index (χ3v) is 5.81. The van der Waals surface area contributed by atoms with Crippen LogP contribution in [-0.2, 0) is 11.4 Å². The number of aliphatic hydroxyl groups excluding tert-OH is 1. The first-order chi connectivity index (χ1) is 16.6. The van der Waals surface area contributed by atoms with Gasteiger partial charge in [-0.1, -0.05) is 60.7 Å². The zero-order valence-corrected chi connectivity index (χ0v) is 18.9. The van der Waals surface area contributed by atoms with E-state index in [1.54, 1.807) is 31.6 Å². The Hall–Kier alpha value is -4.00. The summed E-state index contributed by atoms with van der Waals surface area (Å²) in [5.74, 6) is -0.0325. The Morgan fingerprint density at radius 2 is 1.62 bits per heavy atom. The van der Waals surface area contributed by atoms with Crippen LogP contribution in [0.15, 0.2) is 97.3 Å². The van der Waals surface area contributed by atoms with Crippen molar-refractivity contribution in [2.24, 2.45) is 5.73 Å². The van der Waals surface area contributed by atoms with E-state index in [0.717, 1.165) is 22.3 Å². The van der Waals surface area contributed by atoms with E-state index in [0.29, 0.717) is 17.0 Å². The number of hydrogen-bond donors (Lipinski definition) is 3. The summed E-state index contributed by atoms with van der Waals surface area (Å²) < 4.78 is 5.58. The predicted molar refractivity (Wildman–Crippen MR) is 133 cm³/mol. The molecule has 1 aromatic heterocycles. The number of amides is 1. The van der Waals surface area contributed by atoms with Gasteiger partial charge in [-0.2, -0.15) is 0 Å². The van der Waals surface area contributed by atoms with Crippen LogP contribution < -0.4 is 15.8 Å². The van der Waals surface area contributed by atoms with Crippen LogP contribution in [0.3, 0.4) is 0 Å². The number of carbonyl (C=O) groups is 1. The maximum atomic E-state index is 13.2. The number of rotatable bonds is 8. The maximum absolute atomic E-state index is 13.2. The third kappa shape index (κ3) is 4.98. The average molecular weight is 454 g/mol. The van der Waals surface area contributed by atoms with Crippen LogP contribution in [0.25, 0.3) is 11.1 Å². The number of benzene rings is 3. The van der Waals surface area contributed by atoms with Gasteiger partial charge in [-0.15, -0.1) is 0 Å². The van der Waals surface area contributed by atoms with Gasteiger partial charge in [0.05, 0.1) is 19.8 Å². The highest BCUT2D eigenvalue weighted by Crippen LogP contribution is 2.35. The average Bonchev–Trinajstić information content (AvgIpc) is 2.90. The minimum Gasteiger partial charge on any atom is -0.496 e. The summed E-state index contributed by atoms with van der Waals surface area (Å²) in [7, 11) is 1.57. The molecule has 4 rings (SSSR count). The third-order valence-electron chi connectivity index (χ3n) is 5.81. The SMILES string of the molecule is COc1cc(NC(=O)[C@@H](N)C(c2ccccc2)c2ccccc2)ccc1-c1ccncc1CO. The lowest BCUT2D eigenvalue weighted by Crippen LogP contribution is -2.41. The number of pyridine rings is 1. The van der Waals surface area contributed by atoms with E-state index in [1.165, 1.54) is 0 Å². The van der Waals surface area contributed by atoms with Gasteiger partial charge >= 0.3 is 0 Å². The van der Waals surface area contributed by atoms with Crippen molar-refractivity contribution < 1.29 is 14.6 Å². The lowest BCUT2D eigenvalue weighted by molar-refractivity contribution is -0.117. The molecular formula is C28H27N3O3. The van der Waals surface area contributed by atoms with Crippen molar-refractivity contribution in [1.82, 2.24) is 4.98 Å². The predicted octanol–water partition coefficient (Wildman–Crippen LogP) is 4.35. The summed E-state index contributed by atoms with van der Waals surface area (Å²) >= 11 is 0. The van der Waals surface area contributed by atoms with E-state index in [4.69, 9.17) is 10.5 Å². The fourth-order valence-corrected chi connectivity index (χ4v) is 4.11. The van der Waals surface area contributed by atoms with Crippen molar-refractivity contribution >= 4 is 11.6 Å². The molecule has 3 aromatic carbocycles. The summed E-state index contributed by atoms with van der Waals surface area (Å²) in [6.45, 7) is -0.139. The molecule has 6 heteroatoms. The molecule has 0 saturated heterocycles. The molecule has 0 bridgehead atoms. The van der Waals surface area contributed by atoms with E-state index >= 15 is 0 Å². The number of carbonyl (C=O) groups excluding carboxylic acids is 1. The smallest absolute Gasteiger partial charge is 0.242 e. The molecule has 0 aliphatic rings. The Bertz CT molecular complexity index is 1210. The number of anilines is 1. The minimum absolute atomic E-state index is 0.139. The molecule has 1 atom stereocenters. The topological polar surface area (TPSA) is 97.5 Å². The Kier molecular flexibility index (Phi) is 7.32. The van der Waals surface area contributed by atoms with Gasteiger partial charge < -0.3 is 20.9 Å². The van der Waals surface area contributed by atoms with Crippen molar-refractivity contribution in [2.75, 3.05) is 12.4 Å². The van der Waals surface area contributed by atoms with Crippen LogP contribution in [-0.4, -0.2) is 29.1 Å². The Morgan fingerprint density at radius 1 is 0.971 bits per heavy atom. The maximum Gasteiger partial charge on any atom is 0.242 e. The highest BCUT2D eigenvalue weighted by molar-refractivity contribution is 5.96. The molecule has 0 saturated carbocycles. The first kappa shape index (κ1) is 23.2. The molecule has 0 aliphatic heterocycles. The highest BCUT2D eigenvalue weighted by Gasteiger charge is 2.28. The summed E-state index contributed by atoms with van der Waals surface area (Å²) in [6.07, 6.45) is 3.28. The monoisotopic (exact) mass is 453 g/mol. The zero-order chi connectivity index (χ0) is 23.9. The van der Waals surface area contributed by atoms with Crippen molar-refractivity contribution in [2.45, 2.75) is 18.6 Å². The molecular weight excluding hydrogens is 426 g/mol. The molecule has 172 valence electrons. The van der Waals surface area contributed by atoms with E-state index in [-0.39, 0.29) is 18.4 Å². The molecule has 4 aromatic rings. The summed E-state index contributed by atoms with van der Waals surface area (Å²) in [5, 5.41) is 12.6. The lowest BCUT2D eigenvalue weighted by Gasteiger charge is -2.24. The number of nitrogens with two attached hydrogens (primary N) is 1. The molecule has 0 unspecified atom stereocenters. The highest BCUT2D eigenvalue weighted by atomic mass is 16.5. The van der Waals surface area contributed by atoms with Gasteiger partial charge in [-0.3, -0.25) is 9.78 Å². The number of nitrogens with one attached hydrogen (secondary N) is 1. The second-order valence-corrected chi connectivity index (χ2v) is 7.92. The van der Waals surface area contributed by atoms with Crippen LogP contribution in [0.5, 0.6) is 5.75 Å². The Labute approximate surface area is 199 Å². The van der Waals surface area contributed by atoms with Gasteiger partial charge in [0.15, 0.2) is 0 Å². The number of nitrogens with zero attached hydrogens (tertiary/aromatic N) is 1. The summed E-state index contributed by atoms with van der Waals surface area (Å²) in [5.41, 5.74) is 11.3. The van der Waals surface area contributed by atoms with E-state index < -0.39 is 6.04 Å². The van der Waals surface area contributed by atoms with Gasteiger partial charge in [0.2, 0.25) is 5.91 Å². The fourth-order valence-electron chi connectivity index (χ4n) is 4.11. The van der Waals surface area contributed by atoms with E-state index in [2.05, 4.69) is 10.3 Å². The number of ether oxygens (including phenoxy) is 1. The van der Waals surface area contributed by atoms with E-state index in [9.17, 15) is 9.90 Å². The second kappa shape index (κ2) is 10.7. The first-order valence-electron chi connectivity index (χ1n) is 11.0. The van der Waals surface area contributed by atoms with Gasteiger partial charge in [-0.25, -0.2) is 0 Å². The lowest BCUT2D eigenvalue weighted by atomic mass is 9.85. The molecule has 0 aliphatic carbocycles. The Morgan fingerprint density at radius 3 is 2.21 bits per heavy atom. The molecule has 0 radical (unpaired) electrons. The normalized spacial score (nSPS) is 11.8. The van der Waals surface area contributed by atoms with E-state index in [1.807, 2.05) is 72.8 Å². The van der Waals surface area contributed by atoms with Gasteiger partial charge in [-0.05, 0) is 34.9 Å². The van der Waals surface area contributed by atoms with Crippen LogP contribution in [0.2, 0.25) is 0 Å². The molecule has 1 heterocycles. The van der Waals surface area contributed by atoms with Crippen LogP contribution >= 0.6 is 0 Å². The zero-order valence-electron chi connectivity index (χ0n) is 18.9. The second-order valence-electron chi connectivity index (χ2n) is 7.92. The molecule has 0 fully saturated rings. The van der Waals surface area contributed by atoms with Crippen molar-refractivity contribution in [3.05, 3.63) is 114 Å². The minimum atomic E-state index is -0.809. The standard InChI is InChI=1S/C28H27N3O3/c1-34-25-16-22(12-13-24(25)23-14-15-30-17-21(23)18-32)31-28(33)27(29)26(19-8-4-2-5-9-19)20-10-6-3-7-11-20/h2-17,26-27,32H,18,29H2,1H3,(H,31,33)/t27-/m0/s1. The Balaban J connectivity index is 1.61. The van der Waals surface area contributed by atoms with Crippen LogP contribution in [0.4, 0.5) is 5.69 Å². The number of hydrogen-bond acceptors (Lipinski definition) is 5. The molecule has 6 nitrogen and oxygen atoms in total. The quantitative estimate of drug-likeness (QED) is 0.369. The van der Waals surface area contributed by atoms with Crippen molar-refractivity contribution in [3.63, 3.8) is 0 Å². The molecule has 1 amide bonds. The number of aliphatic hydroxyl groups is 1. The fraction of sp³-hybridized carbons (Fsp3) is 0.143.